The number of ether oxygens (including phenoxy) is 1. The molecule has 0 spiro atoms. The van der Waals surface area contributed by atoms with E-state index in [9.17, 15) is 0 Å². The summed E-state index contributed by atoms with van der Waals surface area (Å²) < 4.78 is 7.55. The van der Waals surface area contributed by atoms with Crippen LogP contribution in [0.25, 0.3) is 0 Å². The molecule has 7 heteroatoms. The smallest absolute Gasteiger partial charge is 0.165 e. The van der Waals surface area contributed by atoms with Gasteiger partial charge in [-0.1, -0.05) is 23.2 Å². The number of rotatable bonds is 5. The molecule has 20 heavy (non-hydrogen) atoms. The lowest BCUT2D eigenvalue weighted by Crippen LogP contribution is -2.11. The van der Waals surface area contributed by atoms with Crippen LogP contribution in [-0.2, 0) is 12.5 Å². The zero-order valence-electron chi connectivity index (χ0n) is 11.1. The van der Waals surface area contributed by atoms with Crippen LogP contribution in [0.5, 0.6) is 5.75 Å². The lowest BCUT2D eigenvalue weighted by Gasteiger charge is -2.14. The predicted molar refractivity (Wildman–Crippen MR) is 80.8 cm³/mol. The van der Waals surface area contributed by atoms with Crippen molar-refractivity contribution >= 4 is 34.8 Å². The fraction of sp³-hybridized carbons (Fsp3) is 0.385. The molecule has 0 amide bonds. The Morgan fingerprint density at radius 2 is 2.05 bits per heavy atom. The van der Waals surface area contributed by atoms with Gasteiger partial charge in [-0.3, -0.25) is 0 Å². The van der Waals surface area contributed by atoms with Crippen LogP contribution < -0.4 is 4.74 Å². The maximum absolute atomic E-state index is 6.15. The minimum atomic E-state index is 0.212. The standard InChI is InChI=1S/C13H14Cl3N3O/c1-8(2)19-12(17-7-18-19)6-20-13-9(5-14)3-10(15)4-11(13)16/h3-4,7-8H,5-6H2,1-2H3. The lowest BCUT2D eigenvalue weighted by atomic mass is 10.2. The van der Waals surface area contributed by atoms with Crippen molar-refractivity contribution in [2.24, 2.45) is 0 Å². The average Bonchev–Trinajstić information content (AvgIpc) is 2.85. The van der Waals surface area contributed by atoms with Gasteiger partial charge in [-0.05, 0) is 26.0 Å². The van der Waals surface area contributed by atoms with Gasteiger partial charge in [-0.25, -0.2) is 9.67 Å². The van der Waals surface area contributed by atoms with Crippen molar-refractivity contribution < 1.29 is 4.74 Å². The van der Waals surface area contributed by atoms with Crippen LogP contribution in [0.15, 0.2) is 18.5 Å². The molecule has 2 aromatic rings. The summed E-state index contributed by atoms with van der Waals surface area (Å²) in [5.74, 6) is 1.53. The van der Waals surface area contributed by atoms with Crippen molar-refractivity contribution in [2.45, 2.75) is 32.4 Å². The zero-order valence-corrected chi connectivity index (χ0v) is 13.4. The summed E-state index contributed by atoms with van der Waals surface area (Å²) in [6.45, 7) is 4.32. The number of hydrogen-bond donors (Lipinski definition) is 0. The van der Waals surface area contributed by atoms with Crippen LogP contribution in [0.1, 0.15) is 31.3 Å². The van der Waals surface area contributed by atoms with Crippen molar-refractivity contribution in [1.29, 1.82) is 0 Å². The molecule has 2 rings (SSSR count). The molecular weight excluding hydrogens is 321 g/mol. The first-order chi connectivity index (χ1) is 9.52. The van der Waals surface area contributed by atoms with Gasteiger partial charge < -0.3 is 4.74 Å². The Labute approximate surface area is 132 Å². The highest BCUT2D eigenvalue weighted by molar-refractivity contribution is 6.35. The summed E-state index contributed by atoms with van der Waals surface area (Å²) in [5.41, 5.74) is 0.750. The Morgan fingerprint density at radius 1 is 1.30 bits per heavy atom. The maximum Gasteiger partial charge on any atom is 0.165 e. The van der Waals surface area contributed by atoms with E-state index >= 15 is 0 Å². The van der Waals surface area contributed by atoms with Crippen molar-refractivity contribution in [3.05, 3.63) is 39.9 Å². The summed E-state index contributed by atoms with van der Waals surface area (Å²) in [4.78, 5) is 4.18. The van der Waals surface area contributed by atoms with Gasteiger partial charge in [0, 0.05) is 16.6 Å². The number of aromatic nitrogens is 3. The first-order valence-corrected chi connectivity index (χ1v) is 7.37. The third kappa shape index (κ3) is 3.37. The van der Waals surface area contributed by atoms with Gasteiger partial charge in [0.2, 0.25) is 0 Å². The summed E-state index contributed by atoms with van der Waals surface area (Å²) in [5, 5.41) is 5.12. The van der Waals surface area contributed by atoms with Crippen molar-refractivity contribution in [3.63, 3.8) is 0 Å². The van der Waals surface area contributed by atoms with E-state index in [2.05, 4.69) is 10.1 Å². The van der Waals surface area contributed by atoms with Gasteiger partial charge in [0.15, 0.2) is 5.82 Å². The second kappa shape index (κ2) is 6.66. The molecule has 0 aliphatic heterocycles. The van der Waals surface area contributed by atoms with Gasteiger partial charge in [-0.2, -0.15) is 5.10 Å². The van der Waals surface area contributed by atoms with E-state index in [0.29, 0.717) is 15.8 Å². The Bertz CT molecular complexity index is 599. The molecule has 0 bridgehead atoms. The predicted octanol–water partition coefficient (Wildman–Crippen LogP) is 4.48. The Balaban J connectivity index is 2.21. The quantitative estimate of drug-likeness (QED) is 0.757. The minimum Gasteiger partial charge on any atom is -0.484 e. The lowest BCUT2D eigenvalue weighted by molar-refractivity contribution is 0.280. The van der Waals surface area contributed by atoms with Crippen LogP contribution in [0, 0.1) is 0 Å². The molecule has 0 N–H and O–H groups in total. The molecule has 0 radical (unpaired) electrons. The number of hydrogen-bond acceptors (Lipinski definition) is 3. The fourth-order valence-corrected chi connectivity index (χ4v) is 2.61. The van der Waals surface area contributed by atoms with Crippen molar-refractivity contribution in [1.82, 2.24) is 14.8 Å². The van der Waals surface area contributed by atoms with E-state index in [0.717, 1.165) is 11.4 Å². The summed E-state index contributed by atoms with van der Waals surface area (Å²) in [7, 11) is 0. The molecule has 4 nitrogen and oxygen atoms in total. The van der Waals surface area contributed by atoms with Gasteiger partial charge in [-0.15, -0.1) is 11.6 Å². The van der Waals surface area contributed by atoms with Crippen molar-refractivity contribution in [2.75, 3.05) is 0 Å². The molecule has 0 aliphatic rings. The zero-order chi connectivity index (χ0) is 14.7. The maximum atomic E-state index is 6.15. The van der Waals surface area contributed by atoms with E-state index in [1.807, 2.05) is 13.8 Å². The molecule has 0 saturated carbocycles. The molecular formula is C13H14Cl3N3O. The molecule has 0 atom stereocenters. The Kier molecular flexibility index (Phi) is 5.13. The van der Waals surface area contributed by atoms with Crippen LogP contribution in [0.4, 0.5) is 0 Å². The van der Waals surface area contributed by atoms with E-state index in [1.54, 1.807) is 16.8 Å². The molecule has 1 heterocycles. The minimum absolute atomic E-state index is 0.212. The van der Waals surface area contributed by atoms with E-state index < -0.39 is 0 Å². The van der Waals surface area contributed by atoms with E-state index in [1.165, 1.54) is 6.33 Å². The molecule has 0 fully saturated rings. The number of halogens is 3. The van der Waals surface area contributed by atoms with Gasteiger partial charge in [0.1, 0.15) is 18.7 Å². The number of alkyl halides is 1. The third-order valence-electron chi connectivity index (χ3n) is 2.71. The van der Waals surface area contributed by atoms with Crippen LogP contribution in [0.2, 0.25) is 10.0 Å². The average molecular weight is 335 g/mol. The second-order valence-electron chi connectivity index (χ2n) is 4.51. The second-order valence-corrected chi connectivity index (χ2v) is 5.62. The van der Waals surface area contributed by atoms with Gasteiger partial charge in [0.05, 0.1) is 10.9 Å². The molecule has 0 unspecified atom stereocenters. The Hall–Kier alpha value is -0.970. The molecule has 0 aliphatic carbocycles. The first-order valence-electron chi connectivity index (χ1n) is 6.08. The molecule has 108 valence electrons. The summed E-state index contributed by atoms with van der Waals surface area (Å²) in [6, 6.07) is 3.58. The summed E-state index contributed by atoms with van der Waals surface area (Å²) in [6.07, 6.45) is 1.50. The van der Waals surface area contributed by atoms with Crippen LogP contribution >= 0.6 is 34.8 Å². The van der Waals surface area contributed by atoms with Crippen LogP contribution in [-0.4, -0.2) is 14.8 Å². The number of nitrogens with zero attached hydrogens (tertiary/aromatic N) is 3. The first kappa shape index (κ1) is 15.4. The largest absolute Gasteiger partial charge is 0.484 e. The van der Waals surface area contributed by atoms with E-state index in [-0.39, 0.29) is 18.5 Å². The SMILES string of the molecule is CC(C)n1ncnc1COc1c(Cl)cc(Cl)cc1CCl. The molecule has 1 aromatic carbocycles. The molecule has 0 saturated heterocycles. The number of benzene rings is 1. The van der Waals surface area contributed by atoms with Crippen molar-refractivity contribution in [3.8, 4) is 5.75 Å². The highest BCUT2D eigenvalue weighted by Gasteiger charge is 2.13. The third-order valence-corrected chi connectivity index (χ3v) is 3.50. The summed E-state index contributed by atoms with van der Waals surface area (Å²) >= 11 is 18.0. The van der Waals surface area contributed by atoms with Gasteiger partial charge in [0.25, 0.3) is 0 Å². The molecule has 1 aromatic heterocycles. The van der Waals surface area contributed by atoms with E-state index in [4.69, 9.17) is 39.5 Å². The van der Waals surface area contributed by atoms with Crippen LogP contribution in [0.3, 0.4) is 0 Å². The highest BCUT2D eigenvalue weighted by Crippen LogP contribution is 2.33. The monoisotopic (exact) mass is 333 g/mol. The Morgan fingerprint density at radius 3 is 2.70 bits per heavy atom. The fourth-order valence-electron chi connectivity index (χ4n) is 1.82. The highest BCUT2D eigenvalue weighted by atomic mass is 35.5. The van der Waals surface area contributed by atoms with Gasteiger partial charge >= 0.3 is 0 Å². The topological polar surface area (TPSA) is 39.9 Å². The normalized spacial score (nSPS) is 11.1.